The number of phenolic OH excluding ortho intramolecular Hbond substituents is 1. The van der Waals surface area contributed by atoms with E-state index in [1.54, 1.807) is 24.3 Å². The first kappa shape index (κ1) is 18.5. The van der Waals surface area contributed by atoms with Crippen LogP contribution in [0.1, 0.15) is 15.2 Å². The number of nitro groups is 1. The van der Waals surface area contributed by atoms with Gasteiger partial charge in [-0.2, -0.15) is 5.10 Å². The van der Waals surface area contributed by atoms with Crippen LogP contribution in [0.4, 0.5) is 5.69 Å². The monoisotopic (exact) mass is 497 g/mol. The van der Waals surface area contributed by atoms with Gasteiger partial charge in [-0.05, 0) is 61.7 Å². The molecule has 0 saturated heterocycles. The second-order valence-corrected chi connectivity index (χ2v) is 7.91. The van der Waals surface area contributed by atoms with E-state index in [9.17, 15) is 20.0 Å². The average molecular weight is 499 g/mol. The molecule has 3 rings (SSSR count). The zero-order chi connectivity index (χ0) is 18.8. The quantitative estimate of drug-likeness (QED) is 0.306. The van der Waals surface area contributed by atoms with Gasteiger partial charge in [0, 0.05) is 22.2 Å². The molecule has 0 atom stereocenters. The number of carbonyl (C=O) groups excluding carboxylic acids is 1. The second kappa shape index (κ2) is 7.52. The molecule has 0 saturated carbocycles. The maximum Gasteiger partial charge on any atom is 0.281 e. The highest BCUT2D eigenvalue weighted by Gasteiger charge is 2.13. The minimum atomic E-state index is -0.477. The number of aromatic hydroxyl groups is 1. The van der Waals surface area contributed by atoms with Crippen LogP contribution in [-0.2, 0) is 0 Å². The largest absolute Gasteiger partial charge is 0.506 e. The van der Waals surface area contributed by atoms with E-state index in [-0.39, 0.29) is 11.4 Å². The maximum atomic E-state index is 12.2. The van der Waals surface area contributed by atoms with Crippen LogP contribution in [0.3, 0.4) is 0 Å². The molecule has 10 heteroatoms. The Morgan fingerprint density at radius 3 is 2.58 bits per heavy atom. The Morgan fingerprint density at radius 2 is 1.92 bits per heavy atom. The second-order valence-electron chi connectivity index (χ2n) is 5.12. The molecule has 1 heterocycles. The van der Waals surface area contributed by atoms with Crippen molar-refractivity contribution < 1.29 is 14.8 Å². The summed E-state index contributed by atoms with van der Waals surface area (Å²) >= 11 is 7.65. The molecule has 0 bridgehead atoms. The van der Waals surface area contributed by atoms with Gasteiger partial charge in [-0.3, -0.25) is 14.9 Å². The van der Waals surface area contributed by atoms with Crippen molar-refractivity contribution in [3.63, 3.8) is 0 Å². The van der Waals surface area contributed by atoms with Crippen molar-refractivity contribution >= 4 is 71.1 Å². The number of nitrogens with one attached hydrogen (secondary N) is 1. The third-order valence-electron chi connectivity index (χ3n) is 3.35. The Balaban J connectivity index is 1.76. The highest BCUT2D eigenvalue weighted by atomic mass is 79.9. The highest BCUT2D eigenvalue weighted by Crippen LogP contribution is 2.33. The van der Waals surface area contributed by atoms with E-state index in [0.29, 0.717) is 24.8 Å². The van der Waals surface area contributed by atoms with Gasteiger partial charge in [0.25, 0.3) is 11.6 Å². The van der Waals surface area contributed by atoms with Crippen molar-refractivity contribution in [2.24, 2.45) is 5.10 Å². The van der Waals surface area contributed by atoms with E-state index >= 15 is 0 Å². The summed E-state index contributed by atoms with van der Waals surface area (Å²) in [5, 5.41) is 25.0. The number of hydrazone groups is 1. The number of fused-ring (bicyclic) bond motifs is 1. The molecule has 0 fully saturated rings. The van der Waals surface area contributed by atoms with Crippen molar-refractivity contribution in [3.8, 4) is 5.75 Å². The molecule has 0 aliphatic heterocycles. The SMILES string of the molecule is O=C(N/N=C/c1cc(Br)c(O)c(Br)c1)c1cc2cc([N+](=O)[O-])ccc2s1. The number of phenols is 1. The van der Waals surface area contributed by atoms with Gasteiger partial charge in [0.15, 0.2) is 0 Å². The predicted octanol–water partition coefficient (Wildman–Crippen LogP) is 4.80. The zero-order valence-electron chi connectivity index (χ0n) is 12.8. The van der Waals surface area contributed by atoms with Crippen LogP contribution in [0, 0.1) is 10.1 Å². The minimum Gasteiger partial charge on any atom is -0.506 e. The Labute approximate surface area is 167 Å². The fourth-order valence-electron chi connectivity index (χ4n) is 2.14. The summed E-state index contributed by atoms with van der Waals surface area (Å²) in [5.41, 5.74) is 3.05. The average Bonchev–Trinajstić information content (AvgIpc) is 3.02. The number of hydrogen-bond donors (Lipinski definition) is 2. The molecular formula is C16H9Br2N3O4S. The number of carbonyl (C=O) groups is 1. The molecular weight excluding hydrogens is 490 g/mol. The summed E-state index contributed by atoms with van der Waals surface area (Å²) in [6, 6.07) is 9.33. The zero-order valence-corrected chi connectivity index (χ0v) is 16.8. The number of halogens is 2. The third-order valence-corrected chi connectivity index (χ3v) is 5.68. The van der Waals surface area contributed by atoms with Gasteiger partial charge < -0.3 is 5.11 Å². The molecule has 2 N–H and O–H groups in total. The van der Waals surface area contributed by atoms with E-state index in [2.05, 4.69) is 42.4 Å². The van der Waals surface area contributed by atoms with Gasteiger partial charge in [-0.1, -0.05) is 0 Å². The van der Waals surface area contributed by atoms with Crippen molar-refractivity contribution in [3.05, 3.63) is 65.9 Å². The number of hydrogen-bond acceptors (Lipinski definition) is 6. The van der Waals surface area contributed by atoms with Crippen LogP contribution in [0.2, 0.25) is 0 Å². The highest BCUT2D eigenvalue weighted by molar-refractivity contribution is 9.11. The molecule has 0 unspecified atom stereocenters. The van der Waals surface area contributed by atoms with Crippen molar-refractivity contribution in [2.45, 2.75) is 0 Å². The number of thiophene rings is 1. The third kappa shape index (κ3) is 3.92. The van der Waals surface area contributed by atoms with Crippen LogP contribution < -0.4 is 5.43 Å². The van der Waals surface area contributed by atoms with Gasteiger partial charge in [-0.15, -0.1) is 11.3 Å². The summed E-state index contributed by atoms with van der Waals surface area (Å²) in [6.45, 7) is 0. The number of rotatable bonds is 4. The predicted molar refractivity (Wildman–Crippen MR) is 107 cm³/mol. The van der Waals surface area contributed by atoms with Crippen LogP contribution in [0.5, 0.6) is 5.75 Å². The first-order chi connectivity index (χ1) is 12.3. The van der Waals surface area contributed by atoms with Crippen molar-refractivity contribution in [2.75, 3.05) is 0 Å². The molecule has 0 spiro atoms. The first-order valence-electron chi connectivity index (χ1n) is 7.04. The van der Waals surface area contributed by atoms with Gasteiger partial charge >= 0.3 is 0 Å². The molecule has 0 aliphatic carbocycles. The molecule has 26 heavy (non-hydrogen) atoms. The lowest BCUT2D eigenvalue weighted by Crippen LogP contribution is -2.16. The van der Waals surface area contributed by atoms with Crippen molar-refractivity contribution in [1.82, 2.24) is 5.43 Å². The lowest BCUT2D eigenvalue weighted by molar-refractivity contribution is -0.384. The normalized spacial score (nSPS) is 11.2. The van der Waals surface area contributed by atoms with Gasteiger partial charge in [0.2, 0.25) is 0 Å². The van der Waals surface area contributed by atoms with E-state index in [1.165, 1.54) is 29.7 Å². The molecule has 1 amide bonds. The fraction of sp³-hybridized carbons (Fsp3) is 0. The number of benzene rings is 2. The fourth-order valence-corrected chi connectivity index (χ4v) is 4.29. The molecule has 132 valence electrons. The smallest absolute Gasteiger partial charge is 0.281 e. The van der Waals surface area contributed by atoms with Crippen LogP contribution in [0.15, 0.2) is 50.4 Å². The summed E-state index contributed by atoms with van der Waals surface area (Å²) in [4.78, 5) is 22.9. The molecule has 0 radical (unpaired) electrons. The Bertz CT molecular complexity index is 1040. The molecule has 2 aromatic carbocycles. The first-order valence-corrected chi connectivity index (χ1v) is 9.45. The van der Waals surface area contributed by atoms with Gasteiger partial charge in [0.1, 0.15) is 5.75 Å². The summed E-state index contributed by atoms with van der Waals surface area (Å²) in [6.07, 6.45) is 1.44. The Hall–Kier alpha value is -2.30. The Kier molecular flexibility index (Phi) is 5.35. The molecule has 3 aromatic rings. The lowest BCUT2D eigenvalue weighted by Gasteiger charge is -2.02. The summed E-state index contributed by atoms with van der Waals surface area (Å²) in [7, 11) is 0. The molecule has 1 aromatic heterocycles. The van der Waals surface area contributed by atoms with Crippen LogP contribution >= 0.6 is 43.2 Å². The number of non-ortho nitro benzene ring substituents is 1. The lowest BCUT2D eigenvalue weighted by atomic mass is 10.2. The van der Waals surface area contributed by atoms with E-state index < -0.39 is 10.8 Å². The number of nitrogens with zero attached hydrogens (tertiary/aromatic N) is 2. The summed E-state index contributed by atoms with van der Waals surface area (Å²) < 4.78 is 1.76. The van der Waals surface area contributed by atoms with Crippen LogP contribution in [0.25, 0.3) is 10.1 Å². The van der Waals surface area contributed by atoms with Crippen molar-refractivity contribution in [1.29, 1.82) is 0 Å². The van der Waals surface area contributed by atoms with Gasteiger partial charge in [-0.25, -0.2) is 5.43 Å². The molecule has 7 nitrogen and oxygen atoms in total. The number of nitro benzene ring substituents is 1. The minimum absolute atomic E-state index is 0.0243. The molecule has 0 aliphatic rings. The number of amides is 1. The maximum absolute atomic E-state index is 12.2. The van der Waals surface area contributed by atoms with Gasteiger partial charge in [0.05, 0.1) is 25.0 Å². The topological polar surface area (TPSA) is 105 Å². The van der Waals surface area contributed by atoms with E-state index in [0.717, 1.165) is 4.70 Å². The van der Waals surface area contributed by atoms with Crippen LogP contribution in [-0.4, -0.2) is 22.2 Å². The van der Waals surface area contributed by atoms with E-state index in [1.807, 2.05) is 0 Å². The Morgan fingerprint density at radius 1 is 1.23 bits per heavy atom. The standard InChI is InChI=1S/C16H9Br2N3O4S/c17-11-3-8(4-12(18)15(11)22)7-19-20-16(23)14-6-9-5-10(21(24)25)1-2-13(9)26-14/h1-7,22H,(H,20,23)/b19-7+. The summed E-state index contributed by atoms with van der Waals surface area (Å²) in [5.74, 6) is -0.340. The van der Waals surface area contributed by atoms with E-state index in [4.69, 9.17) is 0 Å².